The Morgan fingerprint density at radius 1 is 1.39 bits per heavy atom. The largest absolute Gasteiger partial charge is 0.495 e. The van der Waals surface area contributed by atoms with Crippen LogP contribution in [0.25, 0.3) is 0 Å². The van der Waals surface area contributed by atoms with Crippen LogP contribution in [0.3, 0.4) is 0 Å². The van der Waals surface area contributed by atoms with Gasteiger partial charge in [-0.3, -0.25) is 0 Å². The Morgan fingerprint density at radius 2 is 2.13 bits per heavy atom. The summed E-state index contributed by atoms with van der Waals surface area (Å²) in [5, 5.41) is 10.1. The van der Waals surface area contributed by atoms with Gasteiger partial charge in [-0.1, -0.05) is 0 Å². The summed E-state index contributed by atoms with van der Waals surface area (Å²) in [6.45, 7) is 0.00828. The number of aromatic nitrogens is 1. The molecule has 2 rings (SSSR count). The number of nitrogens with one attached hydrogen (secondary N) is 1. The number of hydrogen-bond donors (Lipinski definition) is 2. The van der Waals surface area contributed by atoms with E-state index in [0.717, 1.165) is 12.1 Å². The number of nitrogens with zero attached hydrogens (tertiary/aromatic N) is 1. The lowest BCUT2D eigenvalue weighted by Crippen LogP contribution is -2.26. The Kier molecular flexibility index (Phi) is 5.40. The highest BCUT2D eigenvalue weighted by Gasteiger charge is 2.21. The molecule has 0 spiro atoms. The third kappa shape index (κ3) is 4.10. The van der Waals surface area contributed by atoms with E-state index in [1.807, 2.05) is 0 Å². The van der Waals surface area contributed by atoms with Crippen LogP contribution in [0.2, 0.25) is 0 Å². The Morgan fingerprint density at radius 3 is 2.74 bits per heavy atom. The molecule has 0 aliphatic carbocycles. The zero-order valence-electron chi connectivity index (χ0n) is 12.9. The summed E-state index contributed by atoms with van der Waals surface area (Å²) >= 11 is 0. The second-order valence-corrected chi connectivity index (χ2v) is 6.78. The minimum absolute atomic E-state index is 0.00828. The first-order valence-electron chi connectivity index (χ1n) is 6.97. The van der Waals surface area contributed by atoms with E-state index in [0.29, 0.717) is 5.69 Å². The van der Waals surface area contributed by atoms with Crippen LogP contribution in [-0.4, -0.2) is 31.7 Å². The van der Waals surface area contributed by atoms with E-state index in [1.165, 1.54) is 13.2 Å². The fraction of sp³-hybridized carbons (Fsp3) is 0.333. The van der Waals surface area contributed by atoms with E-state index in [-0.39, 0.29) is 23.6 Å². The normalized spacial score (nSPS) is 13.0. The van der Waals surface area contributed by atoms with Gasteiger partial charge in [-0.2, -0.15) is 0 Å². The number of aliphatic hydroxyl groups is 1. The summed E-state index contributed by atoms with van der Waals surface area (Å²) in [7, 11) is -0.830. The van der Waals surface area contributed by atoms with Gasteiger partial charge in [-0.15, -0.1) is 0 Å². The van der Waals surface area contributed by atoms with Crippen LogP contribution < -0.4 is 9.46 Å². The number of methoxy groups -OCH3 is 1. The zero-order valence-corrected chi connectivity index (χ0v) is 13.7. The molecule has 0 saturated heterocycles. The summed E-state index contributed by atoms with van der Waals surface area (Å²) in [4.78, 5) is -0.270. The lowest BCUT2D eigenvalue weighted by atomic mass is 10.2. The molecular weight excluding hydrogens is 323 g/mol. The molecule has 2 aromatic rings. The van der Waals surface area contributed by atoms with E-state index in [2.05, 4.69) is 4.72 Å². The van der Waals surface area contributed by atoms with Crippen LogP contribution in [0.5, 0.6) is 5.75 Å². The van der Waals surface area contributed by atoms with Crippen molar-refractivity contribution in [2.75, 3.05) is 13.7 Å². The zero-order chi connectivity index (χ0) is 17.0. The van der Waals surface area contributed by atoms with Crippen molar-refractivity contribution in [3.05, 3.63) is 48.0 Å². The molecule has 0 amide bonds. The van der Waals surface area contributed by atoms with Gasteiger partial charge < -0.3 is 14.4 Å². The second-order valence-electron chi connectivity index (χ2n) is 5.04. The van der Waals surface area contributed by atoms with Crippen molar-refractivity contribution in [1.82, 2.24) is 9.29 Å². The molecule has 1 aromatic heterocycles. The van der Waals surface area contributed by atoms with Crippen LogP contribution in [0, 0.1) is 5.82 Å². The Hall–Kier alpha value is -1.90. The molecule has 2 N–H and O–H groups in total. The maximum Gasteiger partial charge on any atom is 0.244 e. The van der Waals surface area contributed by atoms with Gasteiger partial charge in [0, 0.05) is 25.5 Å². The third-order valence-corrected chi connectivity index (χ3v) is 4.93. The number of benzene rings is 1. The third-order valence-electron chi connectivity index (χ3n) is 3.45. The lowest BCUT2D eigenvalue weighted by molar-refractivity contribution is 0.161. The maximum atomic E-state index is 13.3. The standard InChI is InChI=1S/C15H19FN2O4S/c1-18-9-3-4-12(18)13(19)7-8-17-23(20,21)15-10-11(16)5-6-14(15)22-2/h3-6,9-10,13,17,19H,7-8H2,1-2H3/t13-/m1/s1. The maximum absolute atomic E-state index is 13.3. The van der Waals surface area contributed by atoms with Gasteiger partial charge in [0.15, 0.2) is 0 Å². The number of ether oxygens (including phenoxy) is 1. The molecule has 0 saturated carbocycles. The molecule has 1 heterocycles. The minimum Gasteiger partial charge on any atom is -0.495 e. The monoisotopic (exact) mass is 342 g/mol. The number of aliphatic hydroxyl groups excluding tert-OH is 1. The van der Waals surface area contributed by atoms with Crippen LogP contribution >= 0.6 is 0 Å². The molecule has 0 fully saturated rings. The molecule has 1 aromatic carbocycles. The minimum atomic E-state index is -3.93. The summed E-state index contributed by atoms with van der Waals surface area (Å²) in [5.74, 6) is -0.614. The van der Waals surface area contributed by atoms with Crippen molar-refractivity contribution >= 4 is 10.0 Å². The van der Waals surface area contributed by atoms with Gasteiger partial charge in [-0.05, 0) is 36.8 Å². The predicted molar refractivity (Wildman–Crippen MR) is 83.1 cm³/mol. The van der Waals surface area contributed by atoms with Gasteiger partial charge in [0.25, 0.3) is 0 Å². The summed E-state index contributed by atoms with van der Waals surface area (Å²) in [6.07, 6.45) is 1.18. The number of hydrogen-bond acceptors (Lipinski definition) is 4. The van der Waals surface area contributed by atoms with Gasteiger partial charge in [-0.25, -0.2) is 17.5 Å². The van der Waals surface area contributed by atoms with Crippen LogP contribution in [0.1, 0.15) is 18.2 Å². The van der Waals surface area contributed by atoms with Crippen molar-refractivity contribution in [3.8, 4) is 5.75 Å². The number of rotatable bonds is 7. The number of aryl methyl sites for hydroxylation is 1. The van der Waals surface area contributed by atoms with Gasteiger partial charge >= 0.3 is 0 Å². The topological polar surface area (TPSA) is 80.6 Å². The van der Waals surface area contributed by atoms with Crippen molar-refractivity contribution in [3.63, 3.8) is 0 Å². The van der Waals surface area contributed by atoms with Crippen molar-refractivity contribution in [2.24, 2.45) is 7.05 Å². The van der Waals surface area contributed by atoms with Gasteiger partial charge in [0.1, 0.15) is 16.5 Å². The molecule has 8 heteroatoms. The average Bonchev–Trinajstić information content (AvgIpc) is 2.93. The molecule has 0 aliphatic rings. The molecule has 0 bridgehead atoms. The summed E-state index contributed by atoms with van der Waals surface area (Å²) in [6, 6.07) is 6.82. The smallest absolute Gasteiger partial charge is 0.244 e. The molecule has 1 atom stereocenters. The molecule has 0 unspecified atom stereocenters. The first kappa shape index (κ1) is 17.5. The first-order chi connectivity index (χ1) is 10.8. The number of halogens is 1. The summed E-state index contributed by atoms with van der Waals surface area (Å²) < 4.78 is 46.9. The fourth-order valence-electron chi connectivity index (χ4n) is 2.24. The van der Waals surface area contributed by atoms with Gasteiger partial charge in [0.05, 0.1) is 13.2 Å². The second kappa shape index (κ2) is 7.12. The van der Waals surface area contributed by atoms with E-state index >= 15 is 0 Å². The van der Waals surface area contributed by atoms with E-state index < -0.39 is 21.9 Å². The van der Waals surface area contributed by atoms with Crippen molar-refractivity contribution in [2.45, 2.75) is 17.4 Å². The molecule has 0 radical (unpaired) electrons. The summed E-state index contributed by atoms with van der Waals surface area (Å²) in [5.41, 5.74) is 0.688. The molecule has 126 valence electrons. The van der Waals surface area contributed by atoms with Gasteiger partial charge in [0.2, 0.25) is 10.0 Å². The molecule has 0 aliphatic heterocycles. The van der Waals surface area contributed by atoms with E-state index in [9.17, 15) is 17.9 Å². The fourth-order valence-corrected chi connectivity index (χ4v) is 3.46. The van der Waals surface area contributed by atoms with Crippen LogP contribution in [-0.2, 0) is 17.1 Å². The van der Waals surface area contributed by atoms with E-state index in [4.69, 9.17) is 4.74 Å². The van der Waals surface area contributed by atoms with E-state index in [1.54, 1.807) is 29.9 Å². The lowest BCUT2D eigenvalue weighted by Gasteiger charge is -2.14. The molecule has 23 heavy (non-hydrogen) atoms. The van der Waals surface area contributed by atoms with Crippen LogP contribution in [0.15, 0.2) is 41.4 Å². The highest BCUT2D eigenvalue weighted by Crippen LogP contribution is 2.24. The Bertz CT molecular complexity index is 774. The van der Waals surface area contributed by atoms with Crippen molar-refractivity contribution in [1.29, 1.82) is 0 Å². The molecule has 6 nitrogen and oxygen atoms in total. The highest BCUT2D eigenvalue weighted by molar-refractivity contribution is 7.89. The first-order valence-corrected chi connectivity index (χ1v) is 8.46. The Balaban J connectivity index is 2.05. The quantitative estimate of drug-likeness (QED) is 0.800. The SMILES string of the molecule is COc1ccc(F)cc1S(=O)(=O)NCC[C@@H](O)c1cccn1C. The number of sulfonamides is 1. The van der Waals surface area contributed by atoms with Crippen LogP contribution in [0.4, 0.5) is 4.39 Å². The van der Waals surface area contributed by atoms with Crippen molar-refractivity contribution < 1.29 is 22.7 Å². The predicted octanol–water partition coefficient (Wildman–Crippen LogP) is 1.57. The Labute approximate surface area is 134 Å². The molecular formula is C15H19FN2O4S. The average molecular weight is 342 g/mol. The highest BCUT2D eigenvalue weighted by atomic mass is 32.2.